The largest absolute Gasteiger partial charge is 0.466 e. The number of carbonyl (C=O) groups is 2. The highest BCUT2D eigenvalue weighted by molar-refractivity contribution is 5.90. The molecule has 0 unspecified atom stereocenters. The third-order valence-electron chi connectivity index (χ3n) is 6.15. The maximum Gasteiger partial charge on any atom is 0.351 e. The van der Waals surface area contributed by atoms with Gasteiger partial charge in [0.15, 0.2) is 5.82 Å². The van der Waals surface area contributed by atoms with E-state index in [1.807, 2.05) is 47.4 Å². The summed E-state index contributed by atoms with van der Waals surface area (Å²) < 4.78 is 7.84. The minimum absolute atomic E-state index is 0.149. The van der Waals surface area contributed by atoms with Crippen molar-refractivity contribution in [2.24, 2.45) is 5.92 Å². The van der Waals surface area contributed by atoms with Crippen molar-refractivity contribution in [1.29, 1.82) is 0 Å². The maximum absolute atomic E-state index is 13.4. The topological polar surface area (TPSA) is 111 Å². The number of piperidine rings is 1. The molecule has 1 N–H and O–H groups in total. The van der Waals surface area contributed by atoms with Crippen LogP contribution in [0.25, 0.3) is 16.7 Å². The number of carbonyl (C=O) groups excluding carboxylic acids is 2. The zero-order valence-electron chi connectivity index (χ0n) is 19.4. The molecule has 0 atom stereocenters. The second kappa shape index (κ2) is 9.57. The van der Waals surface area contributed by atoms with E-state index in [1.165, 1.54) is 4.40 Å². The Morgan fingerprint density at radius 3 is 2.51 bits per heavy atom. The molecule has 2 aromatic heterocycles. The summed E-state index contributed by atoms with van der Waals surface area (Å²) in [5, 5.41) is 7.30. The third kappa shape index (κ3) is 4.46. The lowest BCUT2D eigenvalue weighted by Crippen LogP contribution is -2.37. The minimum Gasteiger partial charge on any atom is -0.466 e. The van der Waals surface area contributed by atoms with Crippen LogP contribution in [0.4, 0.5) is 11.5 Å². The first kappa shape index (κ1) is 22.6. The number of nitrogens with zero attached hydrogens (tertiary/aromatic N) is 5. The van der Waals surface area contributed by atoms with E-state index in [0.717, 1.165) is 4.68 Å². The molecule has 0 bridgehead atoms. The van der Waals surface area contributed by atoms with Crippen molar-refractivity contribution in [2.75, 3.05) is 29.9 Å². The summed E-state index contributed by atoms with van der Waals surface area (Å²) in [5.74, 6) is -0.112. The maximum atomic E-state index is 13.4. The minimum atomic E-state index is -0.413. The number of rotatable bonds is 6. The van der Waals surface area contributed by atoms with Crippen LogP contribution in [0.15, 0.2) is 59.4 Å². The van der Waals surface area contributed by atoms with Gasteiger partial charge < -0.3 is 15.0 Å². The molecule has 1 aliphatic rings. The van der Waals surface area contributed by atoms with Crippen LogP contribution in [0.3, 0.4) is 0 Å². The van der Waals surface area contributed by atoms with Crippen molar-refractivity contribution in [1.82, 2.24) is 19.2 Å². The Kier molecular flexibility index (Phi) is 6.17. The molecule has 10 nitrogen and oxygen atoms in total. The van der Waals surface area contributed by atoms with Crippen LogP contribution >= 0.6 is 0 Å². The summed E-state index contributed by atoms with van der Waals surface area (Å²) in [6, 6.07) is 16.4. The lowest BCUT2D eigenvalue weighted by molar-refractivity contribution is -0.148. The fraction of sp³-hybridized carbons (Fsp3) is 0.320. The lowest BCUT2D eigenvalue weighted by Gasteiger charge is -2.31. The second-order valence-electron chi connectivity index (χ2n) is 8.45. The van der Waals surface area contributed by atoms with E-state index in [9.17, 15) is 14.4 Å². The number of esters is 1. The summed E-state index contributed by atoms with van der Waals surface area (Å²) in [5.41, 5.74) is 1.89. The van der Waals surface area contributed by atoms with Gasteiger partial charge in [0.05, 0.1) is 23.6 Å². The zero-order chi connectivity index (χ0) is 24.4. The summed E-state index contributed by atoms with van der Waals surface area (Å²) in [6.45, 7) is 3.11. The molecular formula is C25H26N6O4. The predicted octanol–water partition coefficient (Wildman–Crippen LogP) is 2.46. The Balaban J connectivity index is 1.48. The van der Waals surface area contributed by atoms with Gasteiger partial charge in [0.25, 0.3) is 0 Å². The standard InChI is InChI=1S/C25H26N6O4/c1-2-35-24(33)17-12-14-29(15-13-17)22-23-28-30(16-21(32)26-18-8-4-3-5-9-18)25(34)31(23)20-11-7-6-10-19(20)27-22/h3-11,17H,2,12-16H2,1H3,(H,26,32). The number of para-hydroxylation sites is 3. The predicted molar refractivity (Wildman–Crippen MR) is 131 cm³/mol. The van der Waals surface area contributed by atoms with Crippen molar-refractivity contribution in [3.8, 4) is 0 Å². The van der Waals surface area contributed by atoms with Gasteiger partial charge in [-0.1, -0.05) is 30.3 Å². The van der Waals surface area contributed by atoms with E-state index in [0.29, 0.717) is 60.7 Å². The first-order chi connectivity index (χ1) is 17.0. The molecule has 1 aliphatic heterocycles. The molecule has 180 valence electrons. The molecule has 1 fully saturated rings. The fourth-order valence-electron chi connectivity index (χ4n) is 4.44. The van der Waals surface area contributed by atoms with E-state index in [-0.39, 0.29) is 24.3 Å². The van der Waals surface area contributed by atoms with E-state index in [1.54, 1.807) is 19.1 Å². The Labute approximate surface area is 201 Å². The van der Waals surface area contributed by atoms with Gasteiger partial charge in [0.1, 0.15) is 6.54 Å². The Hall–Kier alpha value is -4.21. The van der Waals surface area contributed by atoms with E-state index >= 15 is 0 Å². The number of hydrogen-bond donors (Lipinski definition) is 1. The van der Waals surface area contributed by atoms with E-state index in [4.69, 9.17) is 9.72 Å². The van der Waals surface area contributed by atoms with Gasteiger partial charge in [0.2, 0.25) is 11.6 Å². The van der Waals surface area contributed by atoms with Crippen LogP contribution in [0, 0.1) is 5.92 Å². The molecule has 0 radical (unpaired) electrons. The normalized spacial score (nSPS) is 14.4. The highest BCUT2D eigenvalue weighted by Gasteiger charge is 2.29. The Morgan fingerprint density at radius 2 is 1.77 bits per heavy atom. The number of fused-ring (bicyclic) bond motifs is 3. The smallest absolute Gasteiger partial charge is 0.351 e. The second-order valence-corrected chi connectivity index (χ2v) is 8.45. The number of ether oxygens (including phenoxy) is 1. The van der Waals surface area contributed by atoms with Crippen molar-refractivity contribution >= 4 is 40.1 Å². The monoisotopic (exact) mass is 474 g/mol. The number of amides is 1. The van der Waals surface area contributed by atoms with Gasteiger partial charge in [-0.15, -0.1) is 5.10 Å². The molecule has 35 heavy (non-hydrogen) atoms. The molecule has 1 amide bonds. The van der Waals surface area contributed by atoms with Crippen molar-refractivity contribution in [3.63, 3.8) is 0 Å². The average Bonchev–Trinajstić information content (AvgIpc) is 3.20. The number of hydrogen-bond acceptors (Lipinski definition) is 7. The van der Waals surface area contributed by atoms with Crippen LogP contribution in [0.1, 0.15) is 19.8 Å². The van der Waals surface area contributed by atoms with Gasteiger partial charge in [-0.25, -0.2) is 18.9 Å². The highest BCUT2D eigenvalue weighted by Crippen LogP contribution is 2.27. The van der Waals surface area contributed by atoms with Crippen LogP contribution in [-0.4, -0.2) is 50.7 Å². The van der Waals surface area contributed by atoms with Crippen LogP contribution in [-0.2, 0) is 20.9 Å². The quantitative estimate of drug-likeness (QED) is 0.428. The summed E-state index contributed by atoms with van der Waals surface area (Å²) >= 11 is 0. The SMILES string of the molecule is CCOC(=O)C1CCN(c2nc3ccccc3n3c(=O)n(CC(=O)Nc4ccccc4)nc23)CC1. The lowest BCUT2D eigenvalue weighted by atomic mass is 9.97. The van der Waals surface area contributed by atoms with Gasteiger partial charge >= 0.3 is 11.7 Å². The van der Waals surface area contributed by atoms with Crippen LogP contribution < -0.4 is 15.9 Å². The Bertz CT molecular complexity index is 1440. The molecule has 5 rings (SSSR count). The van der Waals surface area contributed by atoms with Crippen LogP contribution in [0.2, 0.25) is 0 Å². The number of benzene rings is 2. The van der Waals surface area contributed by atoms with Gasteiger partial charge in [-0.2, -0.15) is 0 Å². The molecule has 2 aromatic carbocycles. The summed E-state index contributed by atoms with van der Waals surface area (Å²) in [4.78, 5) is 45.0. The first-order valence-electron chi connectivity index (χ1n) is 11.7. The summed E-state index contributed by atoms with van der Waals surface area (Å²) in [6.07, 6.45) is 1.26. The van der Waals surface area contributed by atoms with Gasteiger partial charge in [-0.3, -0.25) is 9.59 Å². The Morgan fingerprint density at radius 1 is 1.06 bits per heavy atom. The zero-order valence-corrected chi connectivity index (χ0v) is 19.4. The average molecular weight is 475 g/mol. The third-order valence-corrected chi connectivity index (χ3v) is 6.15. The van der Waals surface area contributed by atoms with Gasteiger partial charge in [0, 0.05) is 18.8 Å². The van der Waals surface area contributed by atoms with E-state index in [2.05, 4.69) is 10.4 Å². The van der Waals surface area contributed by atoms with Gasteiger partial charge in [-0.05, 0) is 44.0 Å². The highest BCUT2D eigenvalue weighted by atomic mass is 16.5. The number of nitrogens with one attached hydrogen (secondary N) is 1. The summed E-state index contributed by atoms with van der Waals surface area (Å²) in [7, 11) is 0. The molecule has 0 spiro atoms. The van der Waals surface area contributed by atoms with Crippen molar-refractivity contribution < 1.29 is 14.3 Å². The van der Waals surface area contributed by atoms with E-state index < -0.39 is 5.69 Å². The van der Waals surface area contributed by atoms with Crippen LogP contribution in [0.5, 0.6) is 0 Å². The molecule has 10 heteroatoms. The molecule has 0 saturated carbocycles. The fourth-order valence-corrected chi connectivity index (χ4v) is 4.44. The van der Waals surface area contributed by atoms with Crippen molar-refractivity contribution in [2.45, 2.75) is 26.3 Å². The molecule has 4 aromatic rings. The number of anilines is 2. The first-order valence-corrected chi connectivity index (χ1v) is 11.7. The molecular weight excluding hydrogens is 448 g/mol. The molecule has 1 saturated heterocycles. The number of aromatic nitrogens is 4. The molecule has 0 aliphatic carbocycles. The molecule has 3 heterocycles. The van der Waals surface area contributed by atoms with Crippen molar-refractivity contribution in [3.05, 3.63) is 65.1 Å².